The number of nitrogen functional groups attached to an aromatic ring is 1. The molecule has 0 saturated carbocycles. The van der Waals surface area contributed by atoms with Crippen LogP contribution >= 0.6 is 0 Å². The molecular formula is C10H14F3N5O2S. The van der Waals surface area contributed by atoms with Crippen LogP contribution in [-0.4, -0.2) is 35.9 Å². The number of nitrogens with zero attached hydrogens (tertiary/aromatic N) is 2. The molecular weight excluding hydrogens is 311 g/mol. The molecule has 0 aliphatic carbocycles. The number of hydrogen-bond donors (Lipinski definition) is 3. The molecule has 0 aromatic carbocycles. The Morgan fingerprint density at radius 3 is 2.62 bits per heavy atom. The van der Waals surface area contributed by atoms with Gasteiger partial charge < -0.3 is 5.32 Å². The van der Waals surface area contributed by atoms with Crippen molar-refractivity contribution >= 4 is 21.6 Å². The van der Waals surface area contributed by atoms with E-state index in [4.69, 9.17) is 5.84 Å². The fourth-order valence-electron chi connectivity index (χ4n) is 2.08. The maximum Gasteiger partial charge on any atom is 0.433 e. The SMILES string of the molecule is NNc1nc(NC2CCCS(=O)(=O)C2)cc(C(F)(F)F)n1. The maximum atomic E-state index is 12.7. The van der Waals surface area contributed by atoms with E-state index in [2.05, 4.69) is 15.3 Å². The Bertz CT molecular complexity index is 620. The average Bonchev–Trinajstić information content (AvgIpc) is 2.36. The molecule has 118 valence electrons. The van der Waals surface area contributed by atoms with Crippen molar-refractivity contribution in [3.8, 4) is 0 Å². The molecule has 1 aromatic heterocycles. The molecule has 7 nitrogen and oxygen atoms in total. The minimum absolute atomic E-state index is 0.0956. The van der Waals surface area contributed by atoms with E-state index in [-0.39, 0.29) is 17.3 Å². The van der Waals surface area contributed by atoms with E-state index in [0.717, 1.165) is 6.07 Å². The number of halogens is 3. The summed E-state index contributed by atoms with van der Waals surface area (Å²) in [6.07, 6.45) is -3.65. The zero-order valence-electron chi connectivity index (χ0n) is 10.8. The summed E-state index contributed by atoms with van der Waals surface area (Å²) in [4.78, 5) is 6.97. The molecule has 1 aliphatic heterocycles. The van der Waals surface area contributed by atoms with E-state index < -0.39 is 33.7 Å². The smallest absolute Gasteiger partial charge is 0.366 e. The highest BCUT2D eigenvalue weighted by Crippen LogP contribution is 2.30. The Balaban J connectivity index is 2.23. The number of nitrogens with one attached hydrogen (secondary N) is 2. The third-order valence-electron chi connectivity index (χ3n) is 2.96. The number of rotatable bonds is 3. The van der Waals surface area contributed by atoms with Crippen LogP contribution in [0.15, 0.2) is 6.07 Å². The standard InChI is InChI=1S/C10H14F3N5O2S/c11-10(12,13)7-4-8(17-9(16-7)18-14)15-6-2-1-3-21(19,20)5-6/h4,6H,1-3,5,14H2,(H2,15,16,17,18). The topological polar surface area (TPSA) is 110 Å². The second-order valence-corrected chi connectivity index (χ2v) is 6.93. The van der Waals surface area contributed by atoms with Gasteiger partial charge in [0.1, 0.15) is 5.82 Å². The first-order chi connectivity index (χ1) is 9.69. The van der Waals surface area contributed by atoms with Gasteiger partial charge in [0.05, 0.1) is 11.5 Å². The molecule has 21 heavy (non-hydrogen) atoms. The van der Waals surface area contributed by atoms with Crippen LogP contribution in [0.4, 0.5) is 24.9 Å². The van der Waals surface area contributed by atoms with Gasteiger partial charge in [0.15, 0.2) is 15.5 Å². The van der Waals surface area contributed by atoms with E-state index in [1.54, 1.807) is 0 Å². The first-order valence-electron chi connectivity index (χ1n) is 6.09. The van der Waals surface area contributed by atoms with Crippen LogP contribution in [0.5, 0.6) is 0 Å². The van der Waals surface area contributed by atoms with Gasteiger partial charge in [0.25, 0.3) is 0 Å². The number of hydrogen-bond acceptors (Lipinski definition) is 7. The minimum atomic E-state index is -4.65. The second-order valence-electron chi connectivity index (χ2n) is 4.70. The molecule has 2 rings (SSSR count). The highest BCUT2D eigenvalue weighted by molar-refractivity contribution is 7.91. The van der Waals surface area contributed by atoms with Crippen molar-refractivity contribution in [1.29, 1.82) is 0 Å². The zero-order valence-corrected chi connectivity index (χ0v) is 11.6. The van der Waals surface area contributed by atoms with Crippen molar-refractivity contribution in [2.75, 3.05) is 22.2 Å². The molecule has 4 N–H and O–H groups in total. The number of nitrogens with two attached hydrogens (primary N) is 1. The number of aromatic nitrogens is 2. The Morgan fingerprint density at radius 1 is 1.33 bits per heavy atom. The van der Waals surface area contributed by atoms with Crippen LogP contribution < -0.4 is 16.6 Å². The van der Waals surface area contributed by atoms with Crippen molar-refractivity contribution in [2.45, 2.75) is 25.1 Å². The fraction of sp³-hybridized carbons (Fsp3) is 0.600. The van der Waals surface area contributed by atoms with Gasteiger partial charge in [-0.25, -0.2) is 19.2 Å². The lowest BCUT2D eigenvalue weighted by Crippen LogP contribution is -2.35. The molecule has 1 aliphatic rings. The zero-order chi connectivity index (χ0) is 15.7. The summed E-state index contributed by atoms with van der Waals surface area (Å²) >= 11 is 0. The van der Waals surface area contributed by atoms with Crippen LogP contribution in [0.3, 0.4) is 0 Å². The summed E-state index contributed by atoms with van der Waals surface area (Å²) in [6.45, 7) is 0. The predicted molar refractivity (Wildman–Crippen MR) is 70.1 cm³/mol. The van der Waals surface area contributed by atoms with Crippen molar-refractivity contribution < 1.29 is 21.6 Å². The number of anilines is 2. The molecule has 0 bridgehead atoms. The lowest BCUT2D eigenvalue weighted by molar-refractivity contribution is -0.141. The van der Waals surface area contributed by atoms with Crippen LogP contribution in [0.1, 0.15) is 18.5 Å². The molecule has 1 saturated heterocycles. The summed E-state index contributed by atoms with van der Waals surface area (Å²) in [5.41, 5.74) is 0.792. The lowest BCUT2D eigenvalue weighted by Gasteiger charge is -2.23. The molecule has 0 spiro atoms. The molecule has 0 amide bonds. The van der Waals surface area contributed by atoms with Gasteiger partial charge in [-0.1, -0.05) is 0 Å². The van der Waals surface area contributed by atoms with Gasteiger partial charge in [0, 0.05) is 12.1 Å². The van der Waals surface area contributed by atoms with Crippen LogP contribution in [-0.2, 0) is 16.0 Å². The van der Waals surface area contributed by atoms with Crippen molar-refractivity contribution in [3.63, 3.8) is 0 Å². The quantitative estimate of drug-likeness (QED) is 0.556. The van der Waals surface area contributed by atoms with Crippen molar-refractivity contribution in [3.05, 3.63) is 11.8 Å². The Hall–Kier alpha value is -1.62. The number of alkyl halides is 3. The lowest BCUT2D eigenvalue weighted by atomic mass is 10.2. The van der Waals surface area contributed by atoms with Gasteiger partial charge in [-0.2, -0.15) is 18.2 Å². The van der Waals surface area contributed by atoms with Crippen molar-refractivity contribution in [2.24, 2.45) is 5.84 Å². The van der Waals surface area contributed by atoms with E-state index in [0.29, 0.717) is 12.8 Å². The van der Waals surface area contributed by atoms with Gasteiger partial charge in [0.2, 0.25) is 5.95 Å². The molecule has 2 heterocycles. The normalized spacial score (nSPS) is 21.8. The third kappa shape index (κ3) is 4.17. The summed E-state index contributed by atoms with van der Waals surface area (Å²) in [5.74, 6) is 4.49. The first-order valence-corrected chi connectivity index (χ1v) is 7.91. The molecule has 1 atom stereocenters. The minimum Gasteiger partial charge on any atom is -0.366 e. The molecule has 1 fully saturated rings. The van der Waals surface area contributed by atoms with E-state index in [1.807, 2.05) is 5.43 Å². The van der Waals surface area contributed by atoms with Crippen LogP contribution in [0.2, 0.25) is 0 Å². The van der Waals surface area contributed by atoms with E-state index >= 15 is 0 Å². The molecule has 11 heteroatoms. The van der Waals surface area contributed by atoms with Gasteiger partial charge >= 0.3 is 6.18 Å². The fourth-order valence-corrected chi connectivity index (χ4v) is 3.71. The summed E-state index contributed by atoms with van der Waals surface area (Å²) in [7, 11) is -3.17. The largest absolute Gasteiger partial charge is 0.433 e. The maximum absolute atomic E-state index is 12.7. The third-order valence-corrected chi connectivity index (χ3v) is 4.78. The Morgan fingerprint density at radius 2 is 2.05 bits per heavy atom. The Kier molecular flexibility index (Phi) is 4.23. The van der Waals surface area contributed by atoms with E-state index in [9.17, 15) is 21.6 Å². The van der Waals surface area contributed by atoms with Crippen LogP contribution in [0, 0.1) is 0 Å². The second kappa shape index (κ2) is 5.64. The summed E-state index contributed by atoms with van der Waals surface area (Å²) < 4.78 is 61.1. The number of hydrazine groups is 1. The molecule has 1 aromatic rings. The van der Waals surface area contributed by atoms with Crippen molar-refractivity contribution in [1.82, 2.24) is 9.97 Å². The molecule has 1 unspecified atom stereocenters. The summed E-state index contributed by atoms with van der Waals surface area (Å²) in [6, 6.07) is 0.243. The van der Waals surface area contributed by atoms with E-state index in [1.165, 1.54) is 0 Å². The number of sulfone groups is 1. The first kappa shape index (κ1) is 15.8. The molecule has 0 radical (unpaired) electrons. The highest BCUT2D eigenvalue weighted by atomic mass is 32.2. The summed E-state index contributed by atoms with van der Waals surface area (Å²) in [5, 5.41) is 2.70. The van der Waals surface area contributed by atoms with Gasteiger partial charge in [-0.05, 0) is 12.8 Å². The Labute approximate surface area is 119 Å². The van der Waals surface area contributed by atoms with Gasteiger partial charge in [-0.3, -0.25) is 5.43 Å². The van der Waals surface area contributed by atoms with Gasteiger partial charge in [-0.15, -0.1) is 0 Å². The average molecular weight is 325 g/mol. The van der Waals surface area contributed by atoms with Crippen LogP contribution in [0.25, 0.3) is 0 Å². The predicted octanol–water partition coefficient (Wildman–Crippen LogP) is 0.770. The monoisotopic (exact) mass is 325 g/mol. The highest BCUT2D eigenvalue weighted by Gasteiger charge is 2.34.